The zero-order valence-corrected chi connectivity index (χ0v) is 15.0. The Balaban J connectivity index is 1.66. The molecule has 2 heteroatoms. The second-order valence-electron chi connectivity index (χ2n) is 7.44. The van der Waals surface area contributed by atoms with Crippen LogP contribution in [0.15, 0.2) is 48.5 Å². The van der Waals surface area contributed by atoms with E-state index in [2.05, 4.69) is 37.3 Å². The van der Waals surface area contributed by atoms with Gasteiger partial charge in [0, 0.05) is 0 Å². The zero-order chi connectivity index (χ0) is 17.7. The summed E-state index contributed by atoms with van der Waals surface area (Å²) in [6.07, 6.45) is 7.71. The summed E-state index contributed by atoms with van der Waals surface area (Å²) in [6.45, 7) is 2.20. The predicted octanol–water partition coefficient (Wildman–Crippen LogP) is 6.42. The summed E-state index contributed by atoms with van der Waals surface area (Å²) in [7, 11) is 0. The van der Waals surface area contributed by atoms with Crippen LogP contribution in [0.4, 0.5) is 0 Å². The van der Waals surface area contributed by atoms with Crippen molar-refractivity contribution < 1.29 is 5.11 Å². The van der Waals surface area contributed by atoms with Crippen molar-refractivity contribution in [3.05, 3.63) is 54.1 Å². The van der Waals surface area contributed by atoms with Crippen LogP contribution in [0.25, 0.3) is 11.1 Å². The van der Waals surface area contributed by atoms with Gasteiger partial charge in [-0.1, -0.05) is 56.2 Å². The molecule has 0 atom stereocenters. The van der Waals surface area contributed by atoms with Crippen molar-refractivity contribution in [2.75, 3.05) is 0 Å². The molecule has 2 aromatic carbocycles. The highest BCUT2D eigenvalue weighted by Crippen LogP contribution is 2.45. The normalized spacial score (nSPS) is 23.1. The van der Waals surface area contributed by atoms with Crippen LogP contribution in [0, 0.1) is 16.7 Å². The van der Waals surface area contributed by atoms with Gasteiger partial charge in [-0.3, -0.25) is 0 Å². The fourth-order valence-electron chi connectivity index (χ4n) is 4.04. The summed E-state index contributed by atoms with van der Waals surface area (Å²) >= 11 is 0. The van der Waals surface area contributed by atoms with Crippen LogP contribution >= 0.6 is 0 Å². The van der Waals surface area contributed by atoms with Crippen LogP contribution in [-0.2, 0) is 0 Å². The Bertz CT molecular complexity index is 716. The maximum absolute atomic E-state index is 9.64. The van der Waals surface area contributed by atoms with E-state index in [4.69, 9.17) is 0 Å². The minimum Gasteiger partial charge on any atom is -0.508 e. The lowest BCUT2D eigenvalue weighted by molar-refractivity contribution is 0.224. The fraction of sp³-hybridized carbons (Fsp3) is 0.435. The molecule has 25 heavy (non-hydrogen) atoms. The molecule has 1 saturated carbocycles. The second kappa shape index (κ2) is 7.74. The Hall–Kier alpha value is -2.27. The highest BCUT2D eigenvalue weighted by molar-refractivity contribution is 5.64. The second-order valence-corrected chi connectivity index (χ2v) is 7.44. The average molecular weight is 333 g/mol. The van der Waals surface area contributed by atoms with Gasteiger partial charge in [0.25, 0.3) is 0 Å². The number of nitrogens with zero attached hydrogens (tertiary/aromatic N) is 1. The van der Waals surface area contributed by atoms with Gasteiger partial charge in [0.1, 0.15) is 5.75 Å². The highest BCUT2D eigenvalue weighted by Gasteiger charge is 2.35. The van der Waals surface area contributed by atoms with E-state index < -0.39 is 0 Å². The molecule has 1 aliphatic carbocycles. The van der Waals surface area contributed by atoms with Crippen molar-refractivity contribution in [2.24, 2.45) is 5.41 Å². The lowest BCUT2D eigenvalue weighted by Gasteiger charge is -2.35. The number of hydrogen-bond donors (Lipinski definition) is 1. The third-order valence-electron chi connectivity index (χ3n) is 5.77. The van der Waals surface area contributed by atoms with Crippen LogP contribution < -0.4 is 0 Å². The molecule has 2 aromatic rings. The SMILES string of the molecule is CCCCC1(C#N)CCC(c2ccc(-c3ccc(O)cc3)cc2)CC1. The molecule has 0 heterocycles. The van der Waals surface area contributed by atoms with Gasteiger partial charge in [0.2, 0.25) is 0 Å². The van der Waals surface area contributed by atoms with Crippen LogP contribution in [-0.4, -0.2) is 5.11 Å². The monoisotopic (exact) mass is 333 g/mol. The van der Waals surface area contributed by atoms with Gasteiger partial charge in [-0.25, -0.2) is 0 Å². The van der Waals surface area contributed by atoms with E-state index in [0.717, 1.165) is 37.7 Å². The molecule has 0 radical (unpaired) electrons. The Morgan fingerprint density at radius 3 is 2.08 bits per heavy atom. The first-order chi connectivity index (χ1) is 12.2. The minimum absolute atomic E-state index is 0.0709. The Morgan fingerprint density at radius 1 is 1.00 bits per heavy atom. The maximum Gasteiger partial charge on any atom is 0.115 e. The van der Waals surface area contributed by atoms with Gasteiger partial charge < -0.3 is 5.11 Å². The molecule has 2 nitrogen and oxygen atoms in total. The zero-order valence-electron chi connectivity index (χ0n) is 15.0. The van der Waals surface area contributed by atoms with E-state index in [9.17, 15) is 10.4 Å². The average Bonchev–Trinajstić information content (AvgIpc) is 2.68. The Morgan fingerprint density at radius 2 is 1.56 bits per heavy atom. The third kappa shape index (κ3) is 4.04. The summed E-state index contributed by atoms with van der Waals surface area (Å²) in [5.74, 6) is 0.878. The van der Waals surface area contributed by atoms with Crippen molar-refractivity contribution in [1.82, 2.24) is 0 Å². The quantitative estimate of drug-likeness (QED) is 0.686. The molecule has 0 bridgehead atoms. The first-order valence-corrected chi connectivity index (χ1v) is 9.46. The largest absolute Gasteiger partial charge is 0.508 e. The lowest BCUT2D eigenvalue weighted by atomic mass is 9.67. The van der Waals surface area contributed by atoms with Gasteiger partial charge in [-0.05, 0) is 66.8 Å². The topological polar surface area (TPSA) is 44.0 Å². The van der Waals surface area contributed by atoms with Gasteiger partial charge in [-0.15, -0.1) is 0 Å². The molecule has 0 saturated heterocycles. The molecule has 1 N–H and O–H groups in total. The van der Waals surface area contributed by atoms with E-state index in [1.54, 1.807) is 12.1 Å². The summed E-state index contributed by atoms with van der Waals surface area (Å²) in [6, 6.07) is 18.8. The van der Waals surface area contributed by atoms with Gasteiger partial charge in [0.15, 0.2) is 0 Å². The number of phenols is 1. The molecule has 1 fully saturated rings. The number of benzene rings is 2. The van der Waals surface area contributed by atoms with Crippen molar-refractivity contribution in [1.29, 1.82) is 5.26 Å². The first kappa shape index (κ1) is 17.5. The van der Waals surface area contributed by atoms with Crippen LogP contribution in [0.3, 0.4) is 0 Å². The molecule has 0 spiro atoms. The lowest BCUT2D eigenvalue weighted by Crippen LogP contribution is -2.25. The van der Waals surface area contributed by atoms with E-state index in [-0.39, 0.29) is 5.41 Å². The first-order valence-electron chi connectivity index (χ1n) is 9.46. The molecule has 0 aromatic heterocycles. The smallest absolute Gasteiger partial charge is 0.115 e. The predicted molar refractivity (Wildman–Crippen MR) is 102 cm³/mol. The van der Waals surface area contributed by atoms with Crippen molar-refractivity contribution in [3.8, 4) is 22.9 Å². The van der Waals surface area contributed by atoms with Crippen molar-refractivity contribution in [3.63, 3.8) is 0 Å². The van der Waals surface area contributed by atoms with E-state index in [1.807, 2.05) is 12.1 Å². The molecule has 0 amide bonds. The number of nitriles is 1. The summed E-state index contributed by atoms with van der Waals surface area (Å²) in [5, 5.41) is 19.1. The Labute approximate surface area is 151 Å². The molecule has 1 aliphatic rings. The summed E-state index contributed by atoms with van der Waals surface area (Å²) in [4.78, 5) is 0. The van der Waals surface area contributed by atoms with E-state index in [1.165, 1.54) is 24.0 Å². The molecule has 0 aliphatic heterocycles. The van der Waals surface area contributed by atoms with Crippen molar-refractivity contribution >= 4 is 0 Å². The summed E-state index contributed by atoms with van der Waals surface area (Å²) in [5.41, 5.74) is 3.62. The molecule has 0 unspecified atom stereocenters. The standard InChI is InChI=1S/C23H27NO/c1-2-3-14-23(17-24)15-12-21(13-16-23)19-6-4-18(5-7-19)20-8-10-22(25)11-9-20/h4-11,21,25H,2-3,12-16H2,1H3. The van der Waals surface area contributed by atoms with Crippen LogP contribution in [0.2, 0.25) is 0 Å². The van der Waals surface area contributed by atoms with E-state index in [0.29, 0.717) is 11.7 Å². The van der Waals surface area contributed by atoms with Crippen LogP contribution in [0.5, 0.6) is 5.75 Å². The highest BCUT2D eigenvalue weighted by atomic mass is 16.3. The maximum atomic E-state index is 9.64. The number of aromatic hydroxyl groups is 1. The number of phenolic OH excluding ortho intramolecular Hbond substituents is 1. The van der Waals surface area contributed by atoms with Gasteiger partial charge in [0.05, 0.1) is 11.5 Å². The number of hydrogen-bond acceptors (Lipinski definition) is 2. The molecular weight excluding hydrogens is 306 g/mol. The van der Waals surface area contributed by atoms with E-state index >= 15 is 0 Å². The van der Waals surface area contributed by atoms with Gasteiger partial charge >= 0.3 is 0 Å². The Kier molecular flexibility index (Phi) is 5.43. The molecule has 3 rings (SSSR count). The van der Waals surface area contributed by atoms with Gasteiger partial charge in [-0.2, -0.15) is 5.26 Å². The molecular formula is C23H27NO. The summed E-state index contributed by atoms with van der Waals surface area (Å²) < 4.78 is 0. The van der Waals surface area contributed by atoms with Crippen LogP contribution in [0.1, 0.15) is 63.4 Å². The number of rotatable bonds is 5. The third-order valence-corrected chi connectivity index (χ3v) is 5.77. The minimum atomic E-state index is -0.0709. The van der Waals surface area contributed by atoms with Crippen molar-refractivity contribution in [2.45, 2.75) is 57.8 Å². The number of unbranched alkanes of at least 4 members (excludes halogenated alkanes) is 1. The fourth-order valence-corrected chi connectivity index (χ4v) is 4.04. The molecule has 130 valence electrons.